The number of carbonyl (C=O) groups excluding carboxylic acids is 1. The summed E-state index contributed by atoms with van der Waals surface area (Å²) in [6, 6.07) is 7.19. The lowest BCUT2D eigenvalue weighted by molar-refractivity contribution is -0.385. The van der Waals surface area contributed by atoms with Crippen molar-refractivity contribution in [2.75, 3.05) is 0 Å². The maximum absolute atomic E-state index is 11.0. The summed E-state index contributed by atoms with van der Waals surface area (Å²) in [7, 11) is 0. The van der Waals surface area contributed by atoms with Gasteiger partial charge in [-0.05, 0) is 31.2 Å². The third-order valence-electron chi connectivity index (χ3n) is 2.66. The van der Waals surface area contributed by atoms with Crippen molar-refractivity contribution < 1.29 is 19.6 Å². The van der Waals surface area contributed by atoms with E-state index in [2.05, 4.69) is 0 Å². The summed E-state index contributed by atoms with van der Waals surface area (Å²) in [6.07, 6.45) is -0.816. The Bertz CT molecular complexity index is 678. The van der Waals surface area contributed by atoms with Gasteiger partial charge >= 0.3 is 5.69 Å². The van der Waals surface area contributed by atoms with Crippen LogP contribution in [0, 0.1) is 10.1 Å². The van der Waals surface area contributed by atoms with E-state index >= 15 is 0 Å². The normalized spacial score (nSPS) is 11.9. The first-order chi connectivity index (χ1) is 9.88. The number of hydrogen-bond acceptors (Lipinski definition) is 6. The van der Waals surface area contributed by atoms with Crippen LogP contribution in [0.1, 0.15) is 28.3 Å². The molecule has 0 aliphatic heterocycles. The van der Waals surface area contributed by atoms with E-state index in [1.807, 2.05) is 0 Å². The first-order valence-corrected chi connectivity index (χ1v) is 6.74. The number of aliphatic hydroxyl groups is 1. The van der Waals surface area contributed by atoms with E-state index in [1.165, 1.54) is 37.3 Å². The monoisotopic (exact) mass is 308 g/mol. The lowest BCUT2D eigenvalue weighted by Crippen LogP contribution is -2.10. The minimum absolute atomic E-state index is 0.0720. The van der Waals surface area contributed by atoms with E-state index in [9.17, 15) is 20.0 Å². The van der Waals surface area contributed by atoms with Crippen LogP contribution in [-0.4, -0.2) is 15.9 Å². The number of thiophene rings is 1. The molecule has 21 heavy (non-hydrogen) atoms. The maximum atomic E-state index is 11.0. The van der Waals surface area contributed by atoms with Crippen LogP contribution in [0.4, 0.5) is 5.69 Å². The van der Waals surface area contributed by atoms with Crippen molar-refractivity contribution in [2.24, 2.45) is 5.73 Å². The van der Waals surface area contributed by atoms with Crippen LogP contribution in [0.15, 0.2) is 30.3 Å². The van der Waals surface area contributed by atoms with Crippen molar-refractivity contribution >= 4 is 22.9 Å². The molecule has 0 bridgehead atoms. The van der Waals surface area contributed by atoms with E-state index in [4.69, 9.17) is 10.5 Å². The van der Waals surface area contributed by atoms with Crippen LogP contribution >= 0.6 is 11.3 Å². The van der Waals surface area contributed by atoms with E-state index in [0.717, 1.165) is 11.3 Å². The highest BCUT2D eigenvalue weighted by Crippen LogP contribution is 2.41. The van der Waals surface area contributed by atoms with Gasteiger partial charge in [-0.15, -0.1) is 0 Å². The van der Waals surface area contributed by atoms with Gasteiger partial charge < -0.3 is 15.6 Å². The van der Waals surface area contributed by atoms with Gasteiger partial charge in [0, 0.05) is 16.5 Å². The molecule has 2 rings (SSSR count). The van der Waals surface area contributed by atoms with Crippen molar-refractivity contribution in [1.82, 2.24) is 0 Å². The smallest absolute Gasteiger partial charge is 0.323 e. The zero-order valence-corrected chi connectivity index (χ0v) is 11.8. The van der Waals surface area contributed by atoms with Gasteiger partial charge in [-0.25, -0.2) is 0 Å². The fraction of sp³-hybridized carbons (Fsp3) is 0.154. The topological polar surface area (TPSA) is 116 Å². The molecule has 0 saturated heterocycles. The molecule has 7 nitrogen and oxygen atoms in total. The minimum Gasteiger partial charge on any atom is -0.440 e. The Morgan fingerprint density at radius 1 is 1.43 bits per heavy atom. The van der Waals surface area contributed by atoms with E-state index < -0.39 is 16.9 Å². The lowest BCUT2D eigenvalue weighted by Gasteiger charge is -2.03. The molecule has 2 aromatic rings. The van der Waals surface area contributed by atoms with Gasteiger partial charge in [-0.2, -0.15) is 0 Å². The number of hydrogen-bond donors (Lipinski definition) is 2. The first-order valence-electron chi connectivity index (χ1n) is 5.92. The molecule has 0 fully saturated rings. The number of rotatable bonds is 5. The molecule has 3 N–H and O–H groups in total. The number of nitrogens with two attached hydrogens (primary N) is 1. The van der Waals surface area contributed by atoms with Gasteiger partial charge in [0.15, 0.2) is 0 Å². The number of nitrogens with zero attached hydrogens (tertiary/aromatic N) is 1. The highest BCUT2D eigenvalue weighted by molar-refractivity contribution is 7.14. The van der Waals surface area contributed by atoms with Crippen molar-refractivity contribution in [3.8, 4) is 10.8 Å². The highest BCUT2D eigenvalue weighted by Gasteiger charge is 2.23. The Balaban J connectivity index is 2.29. The molecule has 110 valence electrons. The summed E-state index contributed by atoms with van der Waals surface area (Å²) in [5.41, 5.74) is 5.22. The average molecular weight is 308 g/mol. The van der Waals surface area contributed by atoms with Crippen molar-refractivity contribution in [3.63, 3.8) is 0 Å². The molecule has 0 saturated carbocycles. The second kappa shape index (κ2) is 5.90. The predicted octanol–water partition coefficient (Wildman–Crippen LogP) is 2.60. The molecule has 0 aliphatic rings. The van der Waals surface area contributed by atoms with Gasteiger partial charge in [0.25, 0.3) is 5.06 Å². The Hall–Kier alpha value is -2.45. The van der Waals surface area contributed by atoms with E-state index in [1.54, 1.807) is 0 Å². The summed E-state index contributed by atoms with van der Waals surface area (Å²) in [6.45, 7) is 1.51. The van der Waals surface area contributed by atoms with Gasteiger partial charge in [0.2, 0.25) is 5.91 Å². The van der Waals surface area contributed by atoms with Crippen LogP contribution in [-0.2, 0) is 0 Å². The molecule has 1 aromatic carbocycles. The predicted molar refractivity (Wildman–Crippen MR) is 76.6 cm³/mol. The Kier molecular flexibility index (Phi) is 4.20. The summed E-state index contributed by atoms with van der Waals surface area (Å²) in [5.74, 6) is -0.234. The second-order valence-corrected chi connectivity index (χ2v) is 5.29. The average Bonchev–Trinajstić information content (AvgIpc) is 2.83. The molecular weight excluding hydrogens is 296 g/mol. The number of nitro groups is 1. The highest BCUT2D eigenvalue weighted by atomic mass is 32.1. The third kappa shape index (κ3) is 3.36. The first kappa shape index (κ1) is 14.9. The van der Waals surface area contributed by atoms with Crippen molar-refractivity contribution in [3.05, 3.63) is 50.9 Å². The van der Waals surface area contributed by atoms with Gasteiger partial charge in [-0.1, -0.05) is 11.3 Å². The van der Waals surface area contributed by atoms with Crippen molar-refractivity contribution in [1.29, 1.82) is 0 Å². The van der Waals surface area contributed by atoms with Crippen LogP contribution in [0.25, 0.3) is 0 Å². The van der Waals surface area contributed by atoms with Crippen LogP contribution < -0.4 is 10.5 Å². The molecule has 1 aromatic heterocycles. The number of carbonyl (C=O) groups is 1. The Morgan fingerprint density at radius 2 is 2.05 bits per heavy atom. The zero-order valence-electron chi connectivity index (χ0n) is 11.0. The number of primary amides is 1. The summed E-state index contributed by atoms with van der Waals surface area (Å²) in [5, 5.41) is 20.5. The molecule has 1 amide bonds. The molecule has 1 heterocycles. The second-order valence-electron chi connectivity index (χ2n) is 4.25. The van der Waals surface area contributed by atoms with Crippen LogP contribution in [0.2, 0.25) is 0 Å². The standard InChI is InChI=1S/C13H12N2O5S/c1-7(16)11-6-10(15(18)19)13(21-11)20-9-4-2-8(3-5-9)12(14)17/h2-7,16H,1H3,(H2,14,17)/t7-/m1/s1. The fourth-order valence-corrected chi connectivity index (χ4v) is 2.51. The van der Waals surface area contributed by atoms with Gasteiger partial charge in [0.05, 0.1) is 11.0 Å². The summed E-state index contributed by atoms with van der Waals surface area (Å²) in [4.78, 5) is 21.8. The van der Waals surface area contributed by atoms with Gasteiger partial charge in [0.1, 0.15) is 5.75 Å². The number of benzene rings is 1. The molecule has 8 heteroatoms. The van der Waals surface area contributed by atoms with Crippen LogP contribution in [0.5, 0.6) is 10.8 Å². The molecule has 1 atom stereocenters. The molecule has 0 unspecified atom stereocenters. The number of amides is 1. The van der Waals surface area contributed by atoms with Gasteiger partial charge in [-0.3, -0.25) is 14.9 Å². The molecular formula is C13H12N2O5S. The SMILES string of the molecule is C[C@@H](O)c1cc([N+](=O)[O-])c(Oc2ccc(C(N)=O)cc2)s1. The number of ether oxygens (including phenoxy) is 1. The quantitative estimate of drug-likeness (QED) is 0.650. The Labute approximate surface area is 123 Å². The maximum Gasteiger partial charge on any atom is 0.323 e. The third-order valence-corrected chi connectivity index (χ3v) is 3.83. The molecule has 0 radical (unpaired) electrons. The van der Waals surface area contributed by atoms with E-state index in [0.29, 0.717) is 16.2 Å². The summed E-state index contributed by atoms with van der Waals surface area (Å²) >= 11 is 0.996. The molecule has 0 aliphatic carbocycles. The largest absolute Gasteiger partial charge is 0.440 e. The Morgan fingerprint density at radius 3 is 2.52 bits per heavy atom. The van der Waals surface area contributed by atoms with E-state index in [-0.39, 0.29) is 10.8 Å². The van der Waals surface area contributed by atoms with Crippen LogP contribution in [0.3, 0.4) is 0 Å². The van der Waals surface area contributed by atoms with Crippen molar-refractivity contribution in [2.45, 2.75) is 13.0 Å². The zero-order chi connectivity index (χ0) is 15.6. The number of aliphatic hydroxyl groups excluding tert-OH is 1. The fourth-order valence-electron chi connectivity index (χ4n) is 1.58. The summed E-state index contributed by atoms with van der Waals surface area (Å²) < 4.78 is 5.45. The lowest BCUT2D eigenvalue weighted by atomic mass is 10.2. The molecule has 0 spiro atoms. The minimum atomic E-state index is -0.816.